The lowest BCUT2D eigenvalue weighted by Crippen LogP contribution is -2.26. The van der Waals surface area contributed by atoms with Crippen molar-refractivity contribution in [3.63, 3.8) is 0 Å². The fourth-order valence-electron chi connectivity index (χ4n) is 2.86. The van der Waals surface area contributed by atoms with Gasteiger partial charge in [0.1, 0.15) is 17.6 Å². The van der Waals surface area contributed by atoms with Crippen LogP contribution < -0.4 is 14.8 Å². The maximum atomic E-state index is 11.9. The fourth-order valence-corrected chi connectivity index (χ4v) is 2.86. The number of benzene rings is 1. The largest absolute Gasteiger partial charge is 0.482 e. The Kier molecular flexibility index (Phi) is 4.69. The molecule has 6 heteroatoms. The molecule has 1 aliphatic carbocycles. The molecule has 1 saturated carbocycles. The summed E-state index contributed by atoms with van der Waals surface area (Å²) < 4.78 is 16.1. The third kappa shape index (κ3) is 4.15. The van der Waals surface area contributed by atoms with Gasteiger partial charge in [-0.15, -0.1) is 0 Å². The van der Waals surface area contributed by atoms with Crippen LogP contribution >= 0.6 is 0 Å². The Morgan fingerprint density at radius 3 is 2.87 bits per heavy atom. The Morgan fingerprint density at radius 2 is 2.09 bits per heavy atom. The van der Waals surface area contributed by atoms with E-state index >= 15 is 0 Å². The summed E-state index contributed by atoms with van der Waals surface area (Å²) in [4.78, 5) is 23.2. The van der Waals surface area contributed by atoms with Gasteiger partial charge >= 0.3 is 5.97 Å². The molecule has 0 bridgehead atoms. The van der Waals surface area contributed by atoms with Crippen LogP contribution in [-0.2, 0) is 14.3 Å². The van der Waals surface area contributed by atoms with Gasteiger partial charge in [-0.05, 0) is 43.7 Å². The number of carbonyl (C=O) groups excluding carboxylic acids is 2. The van der Waals surface area contributed by atoms with E-state index < -0.39 is 0 Å². The smallest absolute Gasteiger partial charge is 0.344 e. The van der Waals surface area contributed by atoms with Crippen molar-refractivity contribution in [2.24, 2.45) is 5.92 Å². The summed E-state index contributed by atoms with van der Waals surface area (Å²) in [7, 11) is 0. The number of rotatable bonds is 4. The predicted octanol–water partition coefficient (Wildman–Crippen LogP) is 2.52. The molecule has 0 radical (unpaired) electrons. The third-order valence-electron chi connectivity index (χ3n) is 4.20. The Morgan fingerprint density at radius 1 is 1.30 bits per heavy atom. The minimum atomic E-state index is -0.359. The van der Waals surface area contributed by atoms with E-state index in [2.05, 4.69) is 12.2 Å². The SMILES string of the molecule is CC1CCC(OC(=O)COc2ccc3c(c2)NC(=O)CO3)CC1. The highest BCUT2D eigenvalue weighted by molar-refractivity contribution is 5.95. The Labute approximate surface area is 135 Å². The van der Waals surface area contributed by atoms with Crippen molar-refractivity contribution in [2.75, 3.05) is 18.5 Å². The lowest BCUT2D eigenvalue weighted by Gasteiger charge is -2.26. The molecule has 1 aliphatic heterocycles. The molecule has 0 unspecified atom stereocenters. The number of nitrogens with one attached hydrogen (secondary N) is 1. The van der Waals surface area contributed by atoms with Crippen molar-refractivity contribution in [3.8, 4) is 11.5 Å². The molecule has 1 N–H and O–H groups in total. The number of ether oxygens (including phenoxy) is 3. The zero-order chi connectivity index (χ0) is 16.2. The Balaban J connectivity index is 1.49. The van der Waals surface area contributed by atoms with Crippen molar-refractivity contribution in [3.05, 3.63) is 18.2 Å². The highest BCUT2D eigenvalue weighted by atomic mass is 16.6. The second kappa shape index (κ2) is 6.89. The fraction of sp³-hybridized carbons (Fsp3) is 0.529. The van der Waals surface area contributed by atoms with E-state index in [0.717, 1.165) is 25.7 Å². The maximum absolute atomic E-state index is 11.9. The summed E-state index contributed by atoms with van der Waals surface area (Å²) in [6.07, 6.45) is 4.06. The molecule has 1 aromatic carbocycles. The van der Waals surface area contributed by atoms with Crippen LogP contribution in [0.25, 0.3) is 0 Å². The van der Waals surface area contributed by atoms with E-state index in [9.17, 15) is 9.59 Å². The van der Waals surface area contributed by atoms with Gasteiger partial charge in [0.15, 0.2) is 13.2 Å². The average Bonchev–Trinajstić information content (AvgIpc) is 2.54. The van der Waals surface area contributed by atoms with Crippen LogP contribution in [0.15, 0.2) is 18.2 Å². The number of carbonyl (C=O) groups is 2. The molecular formula is C17H21NO5. The van der Waals surface area contributed by atoms with E-state index in [-0.39, 0.29) is 31.2 Å². The summed E-state index contributed by atoms with van der Waals surface area (Å²) >= 11 is 0. The van der Waals surface area contributed by atoms with Gasteiger partial charge < -0.3 is 19.5 Å². The lowest BCUT2D eigenvalue weighted by molar-refractivity contribution is -0.153. The second-order valence-corrected chi connectivity index (χ2v) is 6.16. The van der Waals surface area contributed by atoms with E-state index in [0.29, 0.717) is 23.1 Å². The molecule has 0 saturated heterocycles. The second-order valence-electron chi connectivity index (χ2n) is 6.16. The topological polar surface area (TPSA) is 73.9 Å². The first-order valence-corrected chi connectivity index (χ1v) is 7.99. The van der Waals surface area contributed by atoms with Crippen molar-refractivity contribution in [1.82, 2.24) is 0 Å². The zero-order valence-electron chi connectivity index (χ0n) is 13.2. The van der Waals surface area contributed by atoms with E-state index in [1.165, 1.54) is 0 Å². The monoisotopic (exact) mass is 319 g/mol. The molecule has 1 fully saturated rings. The number of anilines is 1. The van der Waals surface area contributed by atoms with Gasteiger partial charge in [0, 0.05) is 6.07 Å². The van der Waals surface area contributed by atoms with Crippen LogP contribution in [0, 0.1) is 5.92 Å². The van der Waals surface area contributed by atoms with Crippen LogP contribution in [0.4, 0.5) is 5.69 Å². The highest BCUT2D eigenvalue weighted by Crippen LogP contribution is 2.31. The minimum Gasteiger partial charge on any atom is -0.482 e. The van der Waals surface area contributed by atoms with E-state index in [1.54, 1.807) is 18.2 Å². The molecule has 6 nitrogen and oxygen atoms in total. The number of esters is 1. The van der Waals surface area contributed by atoms with Gasteiger partial charge in [0.2, 0.25) is 0 Å². The summed E-state index contributed by atoms with van der Waals surface area (Å²) in [6.45, 7) is 2.10. The quantitative estimate of drug-likeness (QED) is 0.863. The van der Waals surface area contributed by atoms with Crippen molar-refractivity contribution in [2.45, 2.75) is 38.7 Å². The van der Waals surface area contributed by atoms with Crippen LogP contribution in [-0.4, -0.2) is 31.2 Å². The average molecular weight is 319 g/mol. The molecule has 1 aromatic rings. The number of fused-ring (bicyclic) bond motifs is 1. The summed E-state index contributed by atoms with van der Waals surface area (Å²) in [5.41, 5.74) is 0.549. The number of amides is 1. The normalized spacial score (nSPS) is 23.3. The van der Waals surface area contributed by atoms with Crippen molar-refractivity contribution >= 4 is 17.6 Å². The minimum absolute atomic E-state index is 0.0125. The maximum Gasteiger partial charge on any atom is 0.344 e. The van der Waals surface area contributed by atoms with E-state index in [4.69, 9.17) is 14.2 Å². The molecule has 23 heavy (non-hydrogen) atoms. The number of hydrogen-bond donors (Lipinski definition) is 1. The van der Waals surface area contributed by atoms with Crippen molar-refractivity contribution in [1.29, 1.82) is 0 Å². The molecule has 2 aliphatic rings. The first kappa shape index (κ1) is 15.6. The van der Waals surface area contributed by atoms with Gasteiger partial charge in [-0.2, -0.15) is 0 Å². The Hall–Kier alpha value is -2.24. The van der Waals surface area contributed by atoms with Crippen LogP contribution in [0.3, 0.4) is 0 Å². The molecule has 0 atom stereocenters. The Bertz CT molecular complexity index is 593. The lowest BCUT2D eigenvalue weighted by atomic mass is 9.89. The van der Waals surface area contributed by atoms with Gasteiger partial charge in [-0.3, -0.25) is 4.79 Å². The van der Waals surface area contributed by atoms with Crippen molar-refractivity contribution < 1.29 is 23.8 Å². The molecule has 3 rings (SSSR count). The molecule has 0 spiro atoms. The zero-order valence-corrected chi connectivity index (χ0v) is 13.2. The molecule has 124 valence electrons. The first-order valence-electron chi connectivity index (χ1n) is 7.99. The summed E-state index contributed by atoms with van der Waals surface area (Å²) in [6, 6.07) is 5.05. The summed E-state index contributed by atoms with van der Waals surface area (Å²) in [5, 5.41) is 2.70. The van der Waals surface area contributed by atoms with E-state index in [1.807, 2.05) is 0 Å². The van der Waals surface area contributed by atoms with Gasteiger partial charge in [-0.25, -0.2) is 4.79 Å². The van der Waals surface area contributed by atoms with Crippen LogP contribution in [0.2, 0.25) is 0 Å². The van der Waals surface area contributed by atoms with Crippen LogP contribution in [0.5, 0.6) is 11.5 Å². The van der Waals surface area contributed by atoms with Crippen LogP contribution in [0.1, 0.15) is 32.6 Å². The third-order valence-corrected chi connectivity index (χ3v) is 4.20. The van der Waals surface area contributed by atoms with Gasteiger partial charge in [-0.1, -0.05) is 6.92 Å². The molecule has 1 heterocycles. The van der Waals surface area contributed by atoms with Gasteiger partial charge in [0.05, 0.1) is 5.69 Å². The summed E-state index contributed by atoms with van der Waals surface area (Å²) in [5.74, 6) is 1.23. The first-order chi connectivity index (χ1) is 11.1. The predicted molar refractivity (Wildman–Crippen MR) is 83.6 cm³/mol. The number of hydrogen-bond acceptors (Lipinski definition) is 5. The standard InChI is InChI=1S/C17H21NO5/c1-11-2-4-12(5-3-11)23-17(20)10-21-13-6-7-15-14(8-13)18-16(19)9-22-15/h6-8,11-12H,2-5,9-10H2,1H3,(H,18,19). The van der Waals surface area contributed by atoms with Gasteiger partial charge in [0.25, 0.3) is 5.91 Å². The molecule has 1 amide bonds. The highest BCUT2D eigenvalue weighted by Gasteiger charge is 2.22. The molecular weight excluding hydrogens is 298 g/mol. The molecule has 0 aromatic heterocycles.